The third-order valence-electron chi connectivity index (χ3n) is 3.49. The van der Waals surface area contributed by atoms with Crippen molar-refractivity contribution in [3.63, 3.8) is 0 Å². The van der Waals surface area contributed by atoms with E-state index in [1.54, 1.807) is 6.07 Å². The summed E-state index contributed by atoms with van der Waals surface area (Å²) in [7, 11) is 1.83. The van der Waals surface area contributed by atoms with E-state index in [1.165, 1.54) is 4.80 Å². The van der Waals surface area contributed by atoms with Crippen molar-refractivity contribution in [2.24, 2.45) is 0 Å². The van der Waals surface area contributed by atoms with Crippen LogP contribution in [0, 0.1) is 0 Å². The molecule has 0 saturated carbocycles. The van der Waals surface area contributed by atoms with Gasteiger partial charge in [0, 0.05) is 18.6 Å². The summed E-state index contributed by atoms with van der Waals surface area (Å²) in [6, 6.07) is 7.45. The second kappa shape index (κ2) is 5.95. The van der Waals surface area contributed by atoms with E-state index in [4.69, 9.17) is 23.8 Å². The number of tetrazole rings is 1. The standard InChI is InChI=1S/C13H15ClN6S/c1-15-13(21)19-7-3-6-11(19)12-16-18-20(17-12)10-5-2-4-9(14)8-10/h2,4-5,8,11H,3,6-7H2,1H3,(H,15,21)/t11-/m1/s1. The fraction of sp³-hybridized carbons (Fsp3) is 0.385. The molecule has 0 unspecified atom stereocenters. The maximum absolute atomic E-state index is 5.99. The summed E-state index contributed by atoms with van der Waals surface area (Å²) >= 11 is 11.3. The summed E-state index contributed by atoms with van der Waals surface area (Å²) < 4.78 is 0. The number of halogens is 1. The average Bonchev–Trinajstić information content (AvgIpc) is 3.15. The molecule has 6 nitrogen and oxygen atoms in total. The van der Waals surface area contributed by atoms with Gasteiger partial charge >= 0.3 is 0 Å². The van der Waals surface area contributed by atoms with Gasteiger partial charge in [0.05, 0.1) is 11.7 Å². The van der Waals surface area contributed by atoms with Crippen molar-refractivity contribution >= 4 is 28.9 Å². The summed E-state index contributed by atoms with van der Waals surface area (Å²) in [5.41, 5.74) is 0.794. The Bertz CT molecular complexity index is 658. The van der Waals surface area contributed by atoms with E-state index in [-0.39, 0.29) is 6.04 Å². The zero-order valence-electron chi connectivity index (χ0n) is 11.5. The highest BCUT2D eigenvalue weighted by Crippen LogP contribution is 2.29. The van der Waals surface area contributed by atoms with Gasteiger partial charge in [-0.25, -0.2) is 0 Å². The molecule has 0 spiro atoms. The monoisotopic (exact) mass is 322 g/mol. The molecular formula is C13H15ClN6S. The minimum Gasteiger partial charge on any atom is -0.366 e. The van der Waals surface area contributed by atoms with E-state index in [0.717, 1.165) is 30.2 Å². The maximum atomic E-state index is 5.99. The number of aromatic nitrogens is 4. The van der Waals surface area contributed by atoms with Crippen molar-refractivity contribution in [1.82, 2.24) is 30.4 Å². The van der Waals surface area contributed by atoms with Crippen LogP contribution in [0.3, 0.4) is 0 Å². The first-order valence-electron chi connectivity index (χ1n) is 6.73. The number of likely N-dealkylation sites (tertiary alicyclic amines) is 1. The molecule has 1 atom stereocenters. The average molecular weight is 323 g/mol. The van der Waals surface area contributed by atoms with Crippen molar-refractivity contribution in [2.45, 2.75) is 18.9 Å². The van der Waals surface area contributed by atoms with Crippen LogP contribution >= 0.6 is 23.8 Å². The van der Waals surface area contributed by atoms with Crippen LogP contribution in [0.1, 0.15) is 24.7 Å². The summed E-state index contributed by atoms with van der Waals surface area (Å²) in [6.07, 6.45) is 2.04. The van der Waals surface area contributed by atoms with Gasteiger partial charge in [0.2, 0.25) is 0 Å². The Morgan fingerprint density at radius 3 is 3.10 bits per heavy atom. The fourth-order valence-electron chi connectivity index (χ4n) is 2.49. The summed E-state index contributed by atoms with van der Waals surface area (Å²) in [5, 5.41) is 17.1. The van der Waals surface area contributed by atoms with Gasteiger partial charge in [-0.1, -0.05) is 17.7 Å². The highest BCUT2D eigenvalue weighted by atomic mass is 35.5. The first-order valence-corrected chi connectivity index (χ1v) is 7.52. The molecule has 2 heterocycles. The number of hydrogen-bond donors (Lipinski definition) is 1. The van der Waals surface area contributed by atoms with Crippen LogP contribution in [0.15, 0.2) is 24.3 Å². The van der Waals surface area contributed by atoms with Crippen LogP contribution in [-0.4, -0.2) is 43.8 Å². The zero-order chi connectivity index (χ0) is 14.8. The van der Waals surface area contributed by atoms with Gasteiger partial charge in [0.1, 0.15) is 0 Å². The third-order valence-corrected chi connectivity index (χ3v) is 4.17. The molecule has 8 heteroatoms. The Morgan fingerprint density at radius 2 is 2.33 bits per heavy atom. The Labute approximate surface area is 133 Å². The molecule has 1 aromatic heterocycles. The summed E-state index contributed by atoms with van der Waals surface area (Å²) in [5.74, 6) is 0.685. The number of rotatable bonds is 2. The summed E-state index contributed by atoms with van der Waals surface area (Å²) in [6.45, 7) is 0.913. The van der Waals surface area contributed by atoms with E-state index in [9.17, 15) is 0 Å². The van der Waals surface area contributed by atoms with Gasteiger partial charge in [-0.3, -0.25) is 0 Å². The molecule has 1 aliphatic rings. The van der Waals surface area contributed by atoms with Crippen molar-refractivity contribution in [3.05, 3.63) is 35.1 Å². The highest BCUT2D eigenvalue weighted by Gasteiger charge is 2.31. The molecule has 1 saturated heterocycles. The Kier molecular flexibility index (Phi) is 4.03. The maximum Gasteiger partial charge on any atom is 0.197 e. The van der Waals surface area contributed by atoms with E-state index >= 15 is 0 Å². The Hall–Kier alpha value is -1.73. The number of hydrogen-bond acceptors (Lipinski definition) is 4. The zero-order valence-corrected chi connectivity index (χ0v) is 13.1. The SMILES string of the molecule is CNC(=S)N1CCC[C@@H]1c1nnn(-c2cccc(Cl)c2)n1. The minimum absolute atomic E-state index is 0.0814. The molecule has 0 bridgehead atoms. The number of thiocarbonyl (C=S) groups is 1. The Balaban J connectivity index is 1.86. The van der Waals surface area contributed by atoms with Gasteiger partial charge in [-0.2, -0.15) is 0 Å². The van der Waals surface area contributed by atoms with Crippen LogP contribution in [0.2, 0.25) is 5.02 Å². The van der Waals surface area contributed by atoms with Gasteiger partial charge in [-0.15, -0.1) is 15.0 Å². The highest BCUT2D eigenvalue weighted by molar-refractivity contribution is 7.80. The normalized spacial score (nSPS) is 18.0. The van der Waals surface area contributed by atoms with E-state index in [1.807, 2.05) is 25.2 Å². The Morgan fingerprint density at radius 1 is 1.48 bits per heavy atom. The van der Waals surface area contributed by atoms with E-state index in [0.29, 0.717) is 10.8 Å². The molecule has 2 aromatic rings. The molecule has 1 fully saturated rings. The van der Waals surface area contributed by atoms with Crippen molar-refractivity contribution < 1.29 is 0 Å². The smallest absolute Gasteiger partial charge is 0.197 e. The second-order valence-electron chi connectivity index (χ2n) is 4.82. The molecule has 0 amide bonds. The topological polar surface area (TPSA) is 58.9 Å². The summed E-state index contributed by atoms with van der Waals surface area (Å²) in [4.78, 5) is 3.61. The lowest BCUT2D eigenvalue weighted by Gasteiger charge is -2.24. The van der Waals surface area contributed by atoms with Gasteiger partial charge in [0.25, 0.3) is 0 Å². The molecule has 1 aromatic carbocycles. The molecule has 1 aliphatic heterocycles. The van der Waals surface area contributed by atoms with E-state index < -0.39 is 0 Å². The predicted molar refractivity (Wildman–Crippen MR) is 84.5 cm³/mol. The van der Waals surface area contributed by atoms with Crippen LogP contribution in [0.4, 0.5) is 0 Å². The van der Waals surface area contributed by atoms with Crippen LogP contribution < -0.4 is 5.32 Å². The molecule has 0 radical (unpaired) electrons. The second-order valence-corrected chi connectivity index (χ2v) is 5.65. The number of nitrogens with one attached hydrogen (secondary N) is 1. The molecule has 0 aliphatic carbocycles. The lowest BCUT2D eigenvalue weighted by molar-refractivity contribution is 0.380. The first-order chi connectivity index (χ1) is 10.2. The molecule has 1 N–H and O–H groups in total. The quantitative estimate of drug-likeness (QED) is 0.853. The first kappa shape index (κ1) is 14.2. The lowest BCUT2D eigenvalue weighted by atomic mass is 10.2. The van der Waals surface area contributed by atoms with Gasteiger partial charge < -0.3 is 10.2 Å². The van der Waals surface area contributed by atoms with Crippen molar-refractivity contribution in [2.75, 3.05) is 13.6 Å². The largest absolute Gasteiger partial charge is 0.366 e. The lowest BCUT2D eigenvalue weighted by Crippen LogP contribution is -2.37. The van der Waals surface area contributed by atoms with E-state index in [2.05, 4.69) is 25.6 Å². The van der Waals surface area contributed by atoms with Crippen molar-refractivity contribution in [3.8, 4) is 5.69 Å². The molecule has 21 heavy (non-hydrogen) atoms. The van der Waals surface area contributed by atoms with Crippen molar-refractivity contribution in [1.29, 1.82) is 0 Å². The van der Waals surface area contributed by atoms with Crippen LogP contribution in [0.25, 0.3) is 5.69 Å². The minimum atomic E-state index is 0.0814. The predicted octanol–water partition coefficient (Wildman–Crippen LogP) is 1.96. The molecule has 110 valence electrons. The van der Waals surface area contributed by atoms with Crippen LogP contribution in [-0.2, 0) is 0 Å². The van der Waals surface area contributed by atoms with Gasteiger partial charge in [0.15, 0.2) is 10.9 Å². The fourth-order valence-corrected chi connectivity index (χ4v) is 2.89. The number of benzene rings is 1. The van der Waals surface area contributed by atoms with Crippen LogP contribution in [0.5, 0.6) is 0 Å². The number of nitrogens with zero attached hydrogens (tertiary/aromatic N) is 5. The molecular weight excluding hydrogens is 308 g/mol. The third kappa shape index (κ3) is 2.84. The van der Waals surface area contributed by atoms with Gasteiger partial charge in [-0.05, 0) is 48.5 Å². The molecule has 3 rings (SSSR count).